The third kappa shape index (κ3) is 6.27. The Kier molecular flexibility index (Phi) is 7.24. The molecule has 2 amide bonds. The number of hydrogen-bond acceptors (Lipinski definition) is 6. The van der Waals surface area contributed by atoms with Gasteiger partial charge in [-0.15, -0.1) is 0 Å². The van der Waals surface area contributed by atoms with Gasteiger partial charge in [-0.05, 0) is 48.9 Å². The number of hydrogen-bond donors (Lipinski definition) is 2. The van der Waals surface area contributed by atoms with Crippen molar-refractivity contribution in [3.8, 4) is 0 Å². The number of amides is 2. The monoisotopic (exact) mass is 466 g/mol. The van der Waals surface area contributed by atoms with Crippen molar-refractivity contribution in [3.63, 3.8) is 0 Å². The summed E-state index contributed by atoms with van der Waals surface area (Å²) >= 11 is 0. The molecular formula is C24H22N2O6S. The van der Waals surface area contributed by atoms with Crippen molar-refractivity contribution in [1.29, 1.82) is 0 Å². The number of anilines is 2. The molecule has 0 spiro atoms. The molecular weight excluding hydrogens is 444 g/mol. The first-order valence-electron chi connectivity index (χ1n) is 9.88. The molecule has 0 radical (unpaired) electrons. The maximum Gasteiger partial charge on any atom is 0.338 e. The number of benzene rings is 3. The predicted molar refractivity (Wildman–Crippen MR) is 124 cm³/mol. The van der Waals surface area contributed by atoms with Crippen LogP contribution in [0.4, 0.5) is 11.4 Å². The summed E-state index contributed by atoms with van der Waals surface area (Å²) in [6, 6.07) is 19.4. The molecule has 3 aromatic rings. The second-order valence-corrected chi connectivity index (χ2v) is 9.25. The molecule has 0 aliphatic carbocycles. The summed E-state index contributed by atoms with van der Waals surface area (Å²) in [7, 11) is -3.51. The van der Waals surface area contributed by atoms with Crippen molar-refractivity contribution < 1.29 is 27.5 Å². The first kappa shape index (κ1) is 23.7. The van der Waals surface area contributed by atoms with E-state index in [1.807, 2.05) is 6.07 Å². The summed E-state index contributed by atoms with van der Waals surface area (Å²) in [5.41, 5.74) is 1.65. The summed E-state index contributed by atoms with van der Waals surface area (Å²) in [5, 5.41) is 5.30. The van der Waals surface area contributed by atoms with E-state index in [4.69, 9.17) is 4.74 Å². The van der Waals surface area contributed by atoms with Gasteiger partial charge in [0.1, 0.15) is 0 Å². The van der Waals surface area contributed by atoms with E-state index >= 15 is 0 Å². The smallest absolute Gasteiger partial charge is 0.338 e. The van der Waals surface area contributed by atoms with E-state index in [1.54, 1.807) is 55.5 Å². The molecule has 0 fully saturated rings. The van der Waals surface area contributed by atoms with Gasteiger partial charge in [-0.2, -0.15) is 0 Å². The minimum Gasteiger partial charge on any atom is -0.452 e. The molecule has 3 aromatic carbocycles. The van der Waals surface area contributed by atoms with Crippen molar-refractivity contribution in [1.82, 2.24) is 0 Å². The topological polar surface area (TPSA) is 119 Å². The Balaban J connectivity index is 1.66. The molecule has 0 saturated heterocycles. The van der Waals surface area contributed by atoms with Crippen LogP contribution in [0.1, 0.15) is 26.3 Å². The minimum absolute atomic E-state index is 0.0251. The number of esters is 1. The van der Waals surface area contributed by atoms with Crippen LogP contribution in [0, 0.1) is 6.92 Å². The largest absolute Gasteiger partial charge is 0.452 e. The predicted octanol–water partition coefficient (Wildman–Crippen LogP) is 3.45. The van der Waals surface area contributed by atoms with E-state index < -0.39 is 34.2 Å². The van der Waals surface area contributed by atoms with Crippen LogP contribution >= 0.6 is 0 Å². The van der Waals surface area contributed by atoms with E-state index in [2.05, 4.69) is 10.6 Å². The van der Waals surface area contributed by atoms with Crippen LogP contribution in [0.5, 0.6) is 0 Å². The molecule has 2 N–H and O–H groups in total. The van der Waals surface area contributed by atoms with Crippen molar-refractivity contribution in [3.05, 3.63) is 89.5 Å². The molecule has 3 rings (SSSR count). The third-order valence-electron chi connectivity index (χ3n) is 4.67. The van der Waals surface area contributed by atoms with Gasteiger partial charge in [0, 0.05) is 11.9 Å². The van der Waals surface area contributed by atoms with Crippen molar-refractivity contribution in [2.24, 2.45) is 0 Å². The standard InChI is InChI=1S/C24H22N2O6S/c1-16-12-13-18(33(2,30)31)14-20(16)24(29)32-15-22(27)26-21-11-7-6-10-19(21)23(28)25-17-8-4-3-5-9-17/h3-14H,15H2,1-2H3,(H,25,28)(H,26,27). The molecule has 0 aromatic heterocycles. The lowest BCUT2D eigenvalue weighted by Crippen LogP contribution is -2.23. The zero-order valence-corrected chi connectivity index (χ0v) is 18.8. The average Bonchev–Trinajstić information content (AvgIpc) is 2.78. The summed E-state index contributed by atoms with van der Waals surface area (Å²) in [6.07, 6.45) is 1.03. The zero-order valence-electron chi connectivity index (χ0n) is 18.0. The summed E-state index contributed by atoms with van der Waals surface area (Å²) < 4.78 is 28.5. The second-order valence-electron chi connectivity index (χ2n) is 7.24. The van der Waals surface area contributed by atoms with Crippen LogP contribution in [0.25, 0.3) is 0 Å². The van der Waals surface area contributed by atoms with Crippen LogP contribution in [-0.2, 0) is 19.4 Å². The Hall–Kier alpha value is -3.98. The molecule has 0 aliphatic rings. The van der Waals surface area contributed by atoms with E-state index in [9.17, 15) is 22.8 Å². The summed E-state index contributed by atoms with van der Waals surface area (Å²) in [6.45, 7) is 1.01. The number of nitrogens with one attached hydrogen (secondary N) is 2. The van der Waals surface area contributed by atoms with Gasteiger partial charge < -0.3 is 15.4 Å². The lowest BCUT2D eigenvalue weighted by Gasteiger charge is -2.12. The lowest BCUT2D eigenvalue weighted by atomic mass is 10.1. The molecule has 0 aliphatic heterocycles. The molecule has 170 valence electrons. The fraction of sp³-hybridized carbons (Fsp3) is 0.125. The van der Waals surface area contributed by atoms with Gasteiger partial charge in [0.15, 0.2) is 16.4 Å². The summed E-state index contributed by atoms with van der Waals surface area (Å²) in [5.74, 6) is -1.90. The van der Waals surface area contributed by atoms with Crippen LogP contribution in [-0.4, -0.2) is 39.1 Å². The number of ether oxygens (including phenoxy) is 1. The van der Waals surface area contributed by atoms with Gasteiger partial charge in [0.05, 0.1) is 21.7 Å². The highest BCUT2D eigenvalue weighted by atomic mass is 32.2. The Morgan fingerprint density at radius 3 is 2.21 bits per heavy atom. The molecule has 0 atom stereocenters. The van der Waals surface area contributed by atoms with E-state index in [0.717, 1.165) is 6.26 Å². The van der Waals surface area contributed by atoms with Gasteiger partial charge >= 0.3 is 5.97 Å². The molecule has 8 nitrogen and oxygen atoms in total. The average molecular weight is 467 g/mol. The van der Waals surface area contributed by atoms with Gasteiger partial charge in [-0.1, -0.05) is 36.4 Å². The maximum atomic E-state index is 12.6. The highest BCUT2D eigenvalue weighted by Gasteiger charge is 2.18. The molecule has 0 heterocycles. The number of aryl methyl sites for hydroxylation is 1. The number of carbonyl (C=O) groups excluding carboxylic acids is 3. The quantitative estimate of drug-likeness (QED) is 0.515. The first-order chi connectivity index (χ1) is 15.6. The second kappa shape index (κ2) is 10.1. The van der Waals surface area contributed by atoms with Gasteiger partial charge in [-0.25, -0.2) is 13.2 Å². The van der Waals surface area contributed by atoms with Crippen LogP contribution in [0.15, 0.2) is 77.7 Å². The number of para-hydroxylation sites is 2. The zero-order chi connectivity index (χ0) is 24.0. The van der Waals surface area contributed by atoms with Crippen molar-refractivity contribution in [2.75, 3.05) is 23.5 Å². The van der Waals surface area contributed by atoms with Gasteiger partial charge in [0.2, 0.25) is 0 Å². The number of sulfone groups is 1. The Morgan fingerprint density at radius 2 is 1.52 bits per heavy atom. The van der Waals surface area contributed by atoms with Gasteiger partial charge in [0.25, 0.3) is 11.8 Å². The van der Waals surface area contributed by atoms with Gasteiger partial charge in [-0.3, -0.25) is 9.59 Å². The molecule has 33 heavy (non-hydrogen) atoms. The van der Waals surface area contributed by atoms with E-state index in [0.29, 0.717) is 11.3 Å². The SMILES string of the molecule is Cc1ccc(S(C)(=O)=O)cc1C(=O)OCC(=O)Nc1ccccc1C(=O)Nc1ccccc1. The van der Waals surface area contributed by atoms with Crippen molar-refractivity contribution >= 4 is 39.0 Å². The van der Waals surface area contributed by atoms with Crippen molar-refractivity contribution in [2.45, 2.75) is 11.8 Å². The Morgan fingerprint density at radius 1 is 0.848 bits per heavy atom. The fourth-order valence-corrected chi connectivity index (χ4v) is 3.60. The fourth-order valence-electron chi connectivity index (χ4n) is 2.96. The summed E-state index contributed by atoms with van der Waals surface area (Å²) in [4.78, 5) is 37.4. The third-order valence-corrected chi connectivity index (χ3v) is 5.78. The molecule has 9 heteroatoms. The molecule has 0 bridgehead atoms. The van der Waals surface area contributed by atoms with E-state index in [-0.39, 0.29) is 21.7 Å². The highest BCUT2D eigenvalue weighted by Crippen LogP contribution is 2.19. The van der Waals surface area contributed by atoms with Crippen LogP contribution < -0.4 is 10.6 Å². The Bertz CT molecular complexity index is 1300. The normalized spacial score (nSPS) is 10.8. The molecule has 0 unspecified atom stereocenters. The number of carbonyl (C=O) groups is 3. The van der Waals surface area contributed by atoms with Crippen LogP contribution in [0.3, 0.4) is 0 Å². The first-order valence-corrected chi connectivity index (χ1v) is 11.8. The highest BCUT2D eigenvalue weighted by molar-refractivity contribution is 7.90. The molecule has 0 saturated carbocycles. The number of rotatable bonds is 7. The van der Waals surface area contributed by atoms with E-state index in [1.165, 1.54) is 18.2 Å². The minimum atomic E-state index is -3.51. The maximum absolute atomic E-state index is 12.6. The lowest BCUT2D eigenvalue weighted by molar-refractivity contribution is -0.119. The van der Waals surface area contributed by atoms with Crippen LogP contribution in [0.2, 0.25) is 0 Å². The Labute approximate surface area is 191 Å².